The molecule has 0 saturated carbocycles. The van der Waals surface area contributed by atoms with Crippen LogP contribution in [0.15, 0.2) is 24.3 Å². The normalized spacial score (nSPS) is 25.1. The molecule has 2 heterocycles. The number of ether oxygens (including phenoxy) is 1. The Labute approximate surface area is 172 Å². The average molecular weight is 446 g/mol. The molecular formula is C18H27N3O6S2. The standard InChI is InChI=1S/C18H27N3O6S2/c1-14-12-20(13-15(2)27-14)28(23,24)11-8-19-18(22)16-4-6-17(7-5-16)21-9-3-10-29(21,25)26/h4-7,14-15H,3,8-13H2,1-2H3,(H,19,22). The highest BCUT2D eigenvalue weighted by molar-refractivity contribution is 7.93. The van der Waals surface area contributed by atoms with Crippen LogP contribution in [0, 0.1) is 0 Å². The SMILES string of the molecule is CC1CN(S(=O)(=O)CCNC(=O)c2ccc(N3CCCS3(=O)=O)cc2)CC(C)O1. The number of rotatable bonds is 6. The molecule has 2 saturated heterocycles. The van der Waals surface area contributed by atoms with Crippen molar-refractivity contribution in [1.29, 1.82) is 0 Å². The van der Waals surface area contributed by atoms with Crippen LogP contribution in [-0.4, -0.2) is 76.9 Å². The number of nitrogens with zero attached hydrogens (tertiary/aromatic N) is 2. The number of carbonyl (C=O) groups is 1. The van der Waals surface area contributed by atoms with Crippen molar-refractivity contribution >= 4 is 31.6 Å². The minimum atomic E-state index is -3.49. The van der Waals surface area contributed by atoms with Gasteiger partial charge < -0.3 is 10.1 Å². The van der Waals surface area contributed by atoms with Crippen molar-refractivity contribution in [3.63, 3.8) is 0 Å². The van der Waals surface area contributed by atoms with E-state index in [0.29, 0.717) is 37.3 Å². The van der Waals surface area contributed by atoms with Crippen LogP contribution in [0.5, 0.6) is 0 Å². The molecule has 11 heteroatoms. The lowest BCUT2D eigenvalue weighted by Gasteiger charge is -2.34. The first-order chi connectivity index (χ1) is 13.6. The molecule has 0 radical (unpaired) electrons. The molecule has 2 fully saturated rings. The number of benzene rings is 1. The molecular weight excluding hydrogens is 418 g/mol. The van der Waals surface area contributed by atoms with Gasteiger partial charge in [-0.05, 0) is 44.5 Å². The maximum atomic E-state index is 12.5. The Morgan fingerprint density at radius 1 is 1.17 bits per heavy atom. The lowest BCUT2D eigenvalue weighted by Crippen LogP contribution is -2.49. The fraction of sp³-hybridized carbons (Fsp3) is 0.611. The Morgan fingerprint density at radius 3 is 2.34 bits per heavy atom. The number of hydrogen-bond donors (Lipinski definition) is 1. The molecule has 9 nitrogen and oxygen atoms in total. The molecule has 2 aliphatic rings. The molecule has 1 amide bonds. The molecule has 0 aromatic heterocycles. The maximum absolute atomic E-state index is 12.5. The summed E-state index contributed by atoms with van der Waals surface area (Å²) in [5.74, 6) is -0.466. The molecule has 2 unspecified atom stereocenters. The van der Waals surface area contributed by atoms with E-state index in [2.05, 4.69) is 5.32 Å². The number of hydrogen-bond acceptors (Lipinski definition) is 6. The lowest BCUT2D eigenvalue weighted by molar-refractivity contribution is -0.0440. The van der Waals surface area contributed by atoms with Crippen LogP contribution in [0.2, 0.25) is 0 Å². The summed E-state index contributed by atoms with van der Waals surface area (Å²) >= 11 is 0. The van der Waals surface area contributed by atoms with Crippen LogP contribution in [0.3, 0.4) is 0 Å². The number of anilines is 1. The van der Waals surface area contributed by atoms with Crippen molar-refractivity contribution in [2.45, 2.75) is 32.5 Å². The van der Waals surface area contributed by atoms with Gasteiger partial charge in [-0.15, -0.1) is 0 Å². The third-order valence-electron chi connectivity index (χ3n) is 4.94. The van der Waals surface area contributed by atoms with Crippen LogP contribution in [0.4, 0.5) is 5.69 Å². The molecule has 162 valence electrons. The van der Waals surface area contributed by atoms with Gasteiger partial charge in [0.25, 0.3) is 5.91 Å². The molecule has 1 aromatic rings. The third kappa shape index (κ3) is 5.27. The smallest absolute Gasteiger partial charge is 0.251 e. The van der Waals surface area contributed by atoms with Gasteiger partial charge in [0, 0.05) is 31.7 Å². The van der Waals surface area contributed by atoms with E-state index in [9.17, 15) is 21.6 Å². The zero-order valence-corrected chi connectivity index (χ0v) is 18.2. The zero-order valence-electron chi connectivity index (χ0n) is 16.6. The van der Waals surface area contributed by atoms with Crippen LogP contribution >= 0.6 is 0 Å². The highest BCUT2D eigenvalue weighted by atomic mass is 32.2. The van der Waals surface area contributed by atoms with E-state index in [1.165, 1.54) is 8.61 Å². The summed E-state index contributed by atoms with van der Waals surface area (Å²) in [5, 5.41) is 2.61. The topological polar surface area (TPSA) is 113 Å². The highest BCUT2D eigenvalue weighted by Gasteiger charge is 2.31. The first kappa shape index (κ1) is 22.0. The molecule has 2 aliphatic heterocycles. The maximum Gasteiger partial charge on any atom is 0.251 e. The average Bonchev–Trinajstić information content (AvgIpc) is 3.00. The number of amides is 1. The van der Waals surface area contributed by atoms with E-state index in [1.807, 2.05) is 13.8 Å². The first-order valence-corrected chi connectivity index (χ1v) is 12.8. The molecule has 1 aromatic carbocycles. The van der Waals surface area contributed by atoms with Crippen molar-refractivity contribution in [2.75, 3.05) is 42.0 Å². The summed E-state index contributed by atoms with van der Waals surface area (Å²) in [6.07, 6.45) is 0.252. The minimum absolute atomic E-state index is 0.0104. The fourth-order valence-corrected chi connectivity index (χ4v) is 6.65. The van der Waals surface area contributed by atoms with E-state index >= 15 is 0 Å². The van der Waals surface area contributed by atoms with Crippen LogP contribution in [0.25, 0.3) is 0 Å². The number of sulfonamides is 2. The van der Waals surface area contributed by atoms with Crippen LogP contribution in [-0.2, 0) is 24.8 Å². The van der Waals surface area contributed by atoms with Crippen molar-refractivity contribution in [3.05, 3.63) is 29.8 Å². The van der Waals surface area contributed by atoms with Gasteiger partial charge >= 0.3 is 0 Å². The number of morpholine rings is 1. The fourth-order valence-electron chi connectivity index (χ4n) is 3.59. The molecule has 1 N–H and O–H groups in total. The quantitative estimate of drug-likeness (QED) is 0.678. The summed E-state index contributed by atoms with van der Waals surface area (Å²) in [6, 6.07) is 6.26. The number of carbonyl (C=O) groups excluding carboxylic acids is 1. The van der Waals surface area contributed by atoms with E-state index in [-0.39, 0.29) is 30.3 Å². The molecule has 2 atom stereocenters. The highest BCUT2D eigenvalue weighted by Crippen LogP contribution is 2.24. The monoisotopic (exact) mass is 445 g/mol. The zero-order chi connectivity index (χ0) is 21.2. The second kappa shape index (κ2) is 8.58. The summed E-state index contributed by atoms with van der Waals surface area (Å²) in [6.45, 7) is 4.70. The van der Waals surface area contributed by atoms with Crippen molar-refractivity contribution < 1.29 is 26.4 Å². The predicted molar refractivity (Wildman–Crippen MR) is 110 cm³/mol. The second-order valence-electron chi connectivity index (χ2n) is 7.43. The van der Waals surface area contributed by atoms with E-state index in [1.54, 1.807) is 24.3 Å². The second-order valence-corrected chi connectivity index (χ2v) is 11.5. The Morgan fingerprint density at radius 2 is 1.79 bits per heavy atom. The number of nitrogens with one attached hydrogen (secondary N) is 1. The largest absolute Gasteiger partial charge is 0.373 e. The van der Waals surface area contributed by atoms with Crippen LogP contribution in [0.1, 0.15) is 30.6 Å². The van der Waals surface area contributed by atoms with Gasteiger partial charge in [-0.2, -0.15) is 4.31 Å². The van der Waals surface area contributed by atoms with Crippen LogP contribution < -0.4 is 9.62 Å². The van der Waals surface area contributed by atoms with Crippen molar-refractivity contribution in [1.82, 2.24) is 9.62 Å². The van der Waals surface area contributed by atoms with E-state index < -0.39 is 26.0 Å². The van der Waals surface area contributed by atoms with E-state index in [4.69, 9.17) is 4.74 Å². The summed E-state index contributed by atoms with van der Waals surface area (Å²) in [5.41, 5.74) is 0.869. The summed E-state index contributed by atoms with van der Waals surface area (Å²) in [4.78, 5) is 12.3. The molecule has 29 heavy (non-hydrogen) atoms. The van der Waals surface area contributed by atoms with E-state index in [0.717, 1.165) is 0 Å². The first-order valence-electron chi connectivity index (χ1n) is 9.60. The third-order valence-corrected chi connectivity index (χ3v) is 8.62. The van der Waals surface area contributed by atoms with Gasteiger partial charge in [0.1, 0.15) is 0 Å². The Kier molecular flexibility index (Phi) is 6.51. The van der Waals surface area contributed by atoms with Gasteiger partial charge in [-0.3, -0.25) is 9.10 Å². The molecule has 3 rings (SSSR count). The molecule has 0 aliphatic carbocycles. The lowest BCUT2D eigenvalue weighted by atomic mass is 10.2. The van der Waals surface area contributed by atoms with Gasteiger partial charge in [-0.1, -0.05) is 0 Å². The summed E-state index contributed by atoms with van der Waals surface area (Å²) < 4.78 is 57.2. The van der Waals surface area contributed by atoms with Gasteiger partial charge in [0.2, 0.25) is 20.0 Å². The minimum Gasteiger partial charge on any atom is -0.373 e. The van der Waals surface area contributed by atoms with Gasteiger partial charge in [-0.25, -0.2) is 16.8 Å². The predicted octanol–water partition coefficient (Wildman–Crippen LogP) is 0.395. The van der Waals surface area contributed by atoms with Gasteiger partial charge in [0.05, 0.1) is 29.4 Å². The Hall–Kier alpha value is -1.69. The molecule has 0 spiro atoms. The van der Waals surface area contributed by atoms with Crippen molar-refractivity contribution in [2.24, 2.45) is 0 Å². The summed E-state index contributed by atoms with van der Waals surface area (Å²) in [7, 11) is -6.76. The van der Waals surface area contributed by atoms with Gasteiger partial charge in [0.15, 0.2) is 0 Å². The van der Waals surface area contributed by atoms with Crippen molar-refractivity contribution in [3.8, 4) is 0 Å². The molecule has 0 bridgehead atoms. The Balaban J connectivity index is 1.54. The Bertz CT molecular complexity index is 936.